The van der Waals surface area contributed by atoms with Gasteiger partial charge in [-0.1, -0.05) is 60.3 Å². The van der Waals surface area contributed by atoms with E-state index in [2.05, 4.69) is 0 Å². The summed E-state index contributed by atoms with van der Waals surface area (Å²) in [5.74, 6) is 0. The van der Waals surface area contributed by atoms with Gasteiger partial charge in [0.25, 0.3) is 0 Å². The Morgan fingerprint density at radius 3 is 1.00 bits per heavy atom. The van der Waals surface area contributed by atoms with Crippen molar-refractivity contribution in [3.05, 3.63) is 0 Å². The van der Waals surface area contributed by atoms with Gasteiger partial charge in [0, 0.05) is 0 Å². The molecule has 0 spiro atoms. The number of hydrogen-bond donors (Lipinski definition) is 0. The SMILES string of the molecule is CCCCOP(=O)(OCCCC)C(CC)P(=O)(OCCCC)OCCCC. The first-order chi connectivity index (χ1) is 12.9. The molecule has 0 aromatic heterocycles. The third kappa shape index (κ3) is 10.6. The summed E-state index contributed by atoms with van der Waals surface area (Å²) in [4.78, 5) is 0. The van der Waals surface area contributed by atoms with E-state index in [0.29, 0.717) is 32.8 Å². The maximum absolute atomic E-state index is 13.6. The van der Waals surface area contributed by atoms with Gasteiger partial charge in [0.05, 0.1) is 26.4 Å². The molecule has 164 valence electrons. The van der Waals surface area contributed by atoms with Crippen LogP contribution in [0.3, 0.4) is 0 Å². The van der Waals surface area contributed by atoms with Gasteiger partial charge in [-0.3, -0.25) is 9.13 Å². The van der Waals surface area contributed by atoms with Gasteiger partial charge in [-0.2, -0.15) is 0 Å². The summed E-state index contributed by atoms with van der Waals surface area (Å²) in [6.07, 6.45) is 7.12. The Balaban J connectivity index is 5.51. The second-order valence-electron chi connectivity index (χ2n) is 6.72. The standard InChI is InChI=1S/C19H42O6P2/c1-6-11-15-22-26(20,23-16-12-7-2)19(10-5)27(21,24-17-13-8-3)25-18-14-9-4/h19H,6-18H2,1-5H3. The molecule has 0 atom stereocenters. The van der Waals surface area contributed by atoms with Crippen LogP contribution in [-0.2, 0) is 27.2 Å². The maximum Gasteiger partial charge on any atom is 0.345 e. The lowest BCUT2D eigenvalue weighted by molar-refractivity contribution is 0.176. The molecule has 0 radical (unpaired) electrons. The van der Waals surface area contributed by atoms with Crippen LogP contribution in [0.2, 0.25) is 0 Å². The number of hydrogen-bond acceptors (Lipinski definition) is 6. The first-order valence-electron chi connectivity index (χ1n) is 10.7. The Morgan fingerprint density at radius 1 is 0.556 bits per heavy atom. The van der Waals surface area contributed by atoms with E-state index in [1.54, 1.807) is 0 Å². The van der Waals surface area contributed by atoms with Crippen molar-refractivity contribution < 1.29 is 27.2 Å². The van der Waals surface area contributed by atoms with Crippen LogP contribution < -0.4 is 0 Å². The lowest BCUT2D eigenvalue weighted by Gasteiger charge is -2.31. The van der Waals surface area contributed by atoms with Gasteiger partial charge in [0.15, 0.2) is 5.40 Å². The Labute approximate surface area is 167 Å². The highest BCUT2D eigenvalue weighted by Gasteiger charge is 2.49. The molecule has 0 saturated heterocycles. The highest BCUT2D eigenvalue weighted by atomic mass is 31.2. The molecule has 0 aromatic carbocycles. The Bertz CT molecular complexity index is 378. The zero-order valence-electron chi connectivity index (χ0n) is 18.1. The summed E-state index contributed by atoms with van der Waals surface area (Å²) in [6, 6.07) is 0. The van der Waals surface area contributed by atoms with Crippen LogP contribution in [0.15, 0.2) is 0 Å². The molecule has 0 bridgehead atoms. The lowest BCUT2D eigenvalue weighted by Crippen LogP contribution is -2.18. The van der Waals surface area contributed by atoms with Crippen molar-refractivity contribution in [1.82, 2.24) is 0 Å². The van der Waals surface area contributed by atoms with Crippen molar-refractivity contribution in [1.29, 1.82) is 0 Å². The molecule has 0 aliphatic carbocycles. The summed E-state index contributed by atoms with van der Waals surface area (Å²) in [6.45, 7) is 11.3. The predicted molar refractivity (Wildman–Crippen MR) is 113 cm³/mol. The fourth-order valence-corrected chi connectivity index (χ4v) is 7.84. The van der Waals surface area contributed by atoms with Crippen LogP contribution in [0.5, 0.6) is 0 Å². The van der Waals surface area contributed by atoms with Gasteiger partial charge in [-0.05, 0) is 32.1 Å². The third-order valence-corrected chi connectivity index (χ3v) is 10.2. The molecule has 0 N–H and O–H groups in total. The number of rotatable bonds is 19. The fraction of sp³-hybridized carbons (Fsp3) is 1.00. The summed E-state index contributed by atoms with van der Waals surface area (Å²) in [7, 11) is -7.24. The molecule has 6 nitrogen and oxygen atoms in total. The monoisotopic (exact) mass is 428 g/mol. The molecular formula is C19H42O6P2. The van der Waals surface area contributed by atoms with Crippen LogP contribution >= 0.6 is 15.2 Å². The van der Waals surface area contributed by atoms with E-state index in [4.69, 9.17) is 18.1 Å². The zero-order valence-corrected chi connectivity index (χ0v) is 19.9. The average Bonchev–Trinajstić information content (AvgIpc) is 2.63. The van der Waals surface area contributed by atoms with Gasteiger partial charge in [0.1, 0.15) is 0 Å². The summed E-state index contributed by atoms with van der Waals surface area (Å²) in [5.41, 5.74) is 0. The molecule has 0 heterocycles. The van der Waals surface area contributed by atoms with Crippen molar-refractivity contribution >= 4 is 15.2 Å². The van der Waals surface area contributed by atoms with Crippen molar-refractivity contribution in [2.75, 3.05) is 26.4 Å². The Hall–Kier alpha value is 0.300. The zero-order chi connectivity index (χ0) is 20.6. The molecule has 27 heavy (non-hydrogen) atoms. The van der Waals surface area contributed by atoms with Crippen LogP contribution in [0, 0.1) is 0 Å². The van der Waals surface area contributed by atoms with E-state index in [-0.39, 0.29) is 0 Å². The van der Waals surface area contributed by atoms with E-state index in [1.807, 2.05) is 34.6 Å². The van der Waals surface area contributed by atoms with E-state index in [1.165, 1.54) is 0 Å². The molecular weight excluding hydrogens is 386 g/mol. The Morgan fingerprint density at radius 2 is 0.815 bits per heavy atom. The molecule has 0 fully saturated rings. The highest BCUT2D eigenvalue weighted by molar-refractivity contribution is 7.72. The van der Waals surface area contributed by atoms with Gasteiger partial charge < -0.3 is 18.1 Å². The van der Waals surface area contributed by atoms with Crippen LogP contribution in [0.1, 0.15) is 92.4 Å². The quantitative estimate of drug-likeness (QED) is 0.158. The van der Waals surface area contributed by atoms with E-state index in [0.717, 1.165) is 51.4 Å². The molecule has 0 amide bonds. The second kappa shape index (κ2) is 16.1. The van der Waals surface area contributed by atoms with E-state index < -0.39 is 20.6 Å². The summed E-state index contributed by atoms with van der Waals surface area (Å²) < 4.78 is 50.2. The topological polar surface area (TPSA) is 71.1 Å². The van der Waals surface area contributed by atoms with Crippen molar-refractivity contribution in [3.8, 4) is 0 Å². The normalized spacial score (nSPS) is 12.8. The van der Waals surface area contributed by atoms with Crippen LogP contribution in [0.4, 0.5) is 0 Å². The van der Waals surface area contributed by atoms with E-state index >= 15 is 0 Å². The molecule has 0 aromatic rings. The van der Waals surface area contributed by atoms with Gasteiger partial charge >= 0.3 is 15.2 Å². The van der Waals surface area contributed by atoms with Crippen molar-refractivity contribution in [2.24, 2.45) is 0 Å². The minimum Gasteiger partial charge on any atom is -0.308 e. The first kappa shape index (κ1) is 27.3. The second-order valence-corrected chi connectivity index (χ2v) is 11.6. The summed E-state index contributed by atoms with van der Waals surface area (Å²) >= 11 is 0. The fourth-order valence-electron chi connectivity index (χ4n) is 2.38. The van der Waals surface area contributed by atoms with Gasteiger partial charge in [-0.25, -0.2) is 0 Å². The van der Waals surface area contributed by atoms with Crippen LogP contribution in [-0.4, -0.2) is 31.8 Å². The average molecular weight is 428 g/mol. The molecule has 0 unspecified atom stereocenters. The lowest BCUT2D eigenvalue weighted by atomic mass is 10.4. The molecule has 0 saturated carbocycles. The number of unbranched alkanes of at least 4 members (excludes halogenated alkanes) is 4. The Kier molecular flexibility index (Phi) is 16.3. The van der Waals surface area contributed by atoms with Crippen molar-refractivity contribution in [2.45, 2.75) is 97.8 Å². The molecule has 0 aliphatic rings. The van der Waals surface area contributed by atoms with Crippen LogP contribution in [0.25, 0.3) is 0 Å². The minimum atomic E-state index is -3.62. The van der Waals surface area contributed by atoms with Gasteiger partial charge in [0.2, 0.25) is 0 Å². The van der Waals surface area contributed by atoms with Crippen molar-refractivity contribution in [3.63, 3.8) is 0 Å². The van der Waals surface area contributed by atoms with Gasteiger partial charge in [-0.15, -0.1) is 0 Å². The first-order valence-corrected chi connectivity index (χ1v) is 13.9. The maximum atomic E-state index is 13.6. The largest absolute Gasteiger partial charge is 0.345 e. The molecule has 0 aliphatic heterocycles. The molecule has 8 heteroatoms. The molecule has 0 rings (SSSR count). The van der Waals surface area contributed by atoms with E-state index in [9.17, 15) is 9.13 Å². The predicted octanol–water partition coefficient (Wildman–Crippen LogP) is 7.38. The highest BCUT2D eigenvalue weighted by Crippen LogP contribution is 2.71. The minimum absolute atomic E-state index is 0.320. The summed E-state index contributed by atoms with van der Waals surface area (Å²) in [5, 5.41) is -0.882. The third-order valence-electron chi connectivity index (χ3n) is 4.17. The smallest absolute Gasteiger partial charge is 0.308 e.